The van der Waals surface area contributed by atoms with Crippen molar-refractivity contribution >= 4 is 33.7 Å². The summed E-state index contributed by atoms with van der Waals surface area (Å²) in [5.74, 6) is 0. The van der Waals surface area contributed by atoms with Gasteiger partial charge in [0, 0.05) is 19.8 Å². The van der Waals surface area contributed by atoms with Crippen molar-refractivity contribution in [2.24, 2.45) is 0 Å². The number of hydrogen-bond acceptors (Lipinski definition) is 1. The van der Waals surface area contributed by atoms with E-state index in [1.807, 2.05) is 32.3 Å². The van der Waals surface area contributed by atoms with Crippen LogP contribution in [0.4, 0.5) is 111 Å². The second-order valence-electron chi connectivity index (χ2n) is 14.5. The van der Waals surface area contributed by atoms with Gasteiger partial charge in [-0.2, -0.15) is 127 Å². The maximum absolute atomic E-state index is 14.2. The molecule has 0 aromatic heterocycles. The molecule has 0 spiro atoms. The van der Waals surface area contributed by atoms with Gasteiger partial charge in [0.1, 0.15) is 6.15 Å². The van der Waals surface area contributed by atoms with Crippen LogP contribution in [0.15, 0.2) is 103 Å². The number of para-hydroxylation sites is 1. The van der Waals surface area contributed by atoms with Gasteiger partial charge in [-0.05, 0) is 36.4 Å². The van der Waals surface area contributed by atoms with E-state index in [0.717, 1.165) is 0 Å². The van der Waals surface area contributed by atoms with Crippen molar-refractivity contribution in [3.63, 3.8) is 0 Å². The molecule has 0 aliphatic rings. The summed E-state index contributed by atoms with van der Waals surface area (Å²) in [6, 6.07) is 1.45. The minimum atomic E-state index is -6.13. The van der Waals surface area contributed by atoms with E-state index in [4.69, 9.17) is 0 Å². The number of nitrogens with zero attached hydrogens (tertiary/aromatic N) is 1. The van der Waals surface area contributed by atoms with Crippen LogP contribution in [0.3, 0.4) is 0 Å². The molecule has 0 saturated carbocycles. The zero-order chi connectivity index (χ0) is 50.6. The normalized spacial score (nSPS) is 13.4. The summed E-state index contributed by atoms with van der Waals surface area (Å²) in [5.41, 5.74) is -29.0. The molecular weight excluding hydrogens is 968 g/mol. The Morgan fingerprint density at radius 2 is 0.463 bits per heavy atom. The Morgan fingerprint density at radius 1 is 0.299 bits per heavy atom. The molecule has 67 heavy (non-hydrogen) atoms. The van der Waals surface area contributed by atoms with E-state index >= 15 is 0 Å². The van der Waals surface area contributed by atoms with Gasteiger partial charge < -0.3 is 6.33 Å². The van der Waals surface area contributed by atoms with Gasteiger partial charge in [-0.15, -0.1) is 0 Å². The van der Waals surface area contributed by atoms with Crippen LogP contribution in [0, 0.1) is 0 Å². The maximum Gasteiger partial charge on any atom is 1.00 e. The van der Waals surface area contributed by atoms with Gasteiger partial charge in [-0.1, -0.05) is 66.7 Å². The molecule has 0 saturated heterocycles. The summed E-state index contributed by atoms with van der Waals surface area (Å²) < 4.78 is 341. The predicted molar refractivity (Wildman–Crippen MR) is 192 cm³/mol. The number of rotatable bonds is 5. The topological polar surface area (TPSA) is 3.24 Å². The molecule has 0 heterocycles. The first-order valence-electron chi connectivity index (χ1n) is 17.6. The van der Waals surface area contributed by atoms with Crippen LogP contribution in [0.5, 0.6) is 0 Å². The van der Waals surface area contributed by atoms with Gasteiger partial charge in [0.25, 0.3) is 0 Å². The number of alkyl halides is 24. The molecule has 5 aromatic carbocycles. The first-order valence-corrected chi connectivity index (χ1v) is 17.6. The fourth-order valence-electron chi connectivity index (χ4n) is 6.80. The molecule has 0 unspecified atom stereocenters. The average molecular weight is 992 g/mol. The number of hydrogen-bond donors (Lipinski definition) is 0. The van der Waals surface area contributed by atoms with Gasteiger partial charge in [-0.25, -0.2) is 0 Å². The van der Waals surface area contributed by atoms with Crippen LogP contribution >= 0.6 is 0 Å². The number of anilines is 1. The number of halogens is 24. The van der Waals surface area contributed by atoms with Gasteiger partial charge in [0.05, 0.1) is 44.5 Å². The van der Waals surface area contributed by atoms with Crippen molar-refractivity contribution in [1.82, 2.24) is 0 Å². The van der Waals surface area contributed by atoms with Crippen LogP contribution in [0.1, 0.15) is 45.9 Å². The Kier molecular flexibility index (Phi) is 15.7. The minimum Gasteiger partial charge on any atom is -1.00 e. The van der Waals surface area contributed by atoms with Crippen molar-refractivity contribution in [2.75, 3.05) is 19.0 Å². The van der Waals surface area contributed by atoms with E-state index < -0.39 is 195 Å². The molecule has 5 rings (SSSR count). The van der Waals surface area contributed by atoms with Crippen LogP contribution in [-0.2, 0) is 49.4 Å². The van der Waals surface area contributed by atoms with E-state index in [9.17, 15) is 105 Å². The third-order valence-electron chi connectivity index (χ3n) is 9.71. The Morgan fingerprint density at radius 3 is 0.582 bits per heavy atom. The third kappa shape index (κ3) is 13.1. The summed E-state index contributed by atoms with van der Waals surface area (Å²) >= 11 is 0. The van der Waals surface area contributed by atoms with Crippen molar-refractivity contribution in [3.8, 4) is 0 Å². The second kappa shape index (κ2) is 18.8. The molecule has 0 N–H and O–H groups in total. The van der Waals surface area contributed by atoms with E-state index in [2.05, 4.69) is 17.0 Å². The SMILES string of the molecule is CN(C)c1ccccc1.FC(F)(F)c1cc([B-](c2cc(C(F)(F)F)cc(C(F)(F)F)c2)(c2cc(C(F)(F)F)cc(C(F)(F)F)c2)c2cc(C(F)(F)F)cc(C(F)(F)F)c2)cc(C(F)(F)F)c1.[H-].[Li+]. The molecule has 27 heteroatoms. The summed E-state index contributed by atoms with van der Waals surface area (Å²) in [5, 5.41) is 0. The Bertz CT molecular complexity index is 2080. The Labute approximate surface area is 374 Å². The first kappa shape index (κ1) is 56.2. The van der Waals surface area contributed by atoms with Crippen LogP contribution in [0.2, 0.25) is 0 Å². The smallest absolute Gasteiger partial charge is 1.00 e. The van der Waals surface area contributed by atoms with Crippen molar-refractivity contribution in [1.29, 1.82) is 0 Å². The second-order valence-corrected chi connectivity index (χ2v) is 14.5. The minimum absolute atomic E-state index is 0. The third-order valence-corrected chi connectivity index (χ3v) is 9.71. The predicted octanol–water partition coefficient (Wildman–Crippen LogP) is 10.1. The molecule has 0 aliphatic heterocycles. The zero-order valence-electron chi connectivity index (χ0n) is 34.4. The summed E-state index contributed by atoms with van der Waals surface area (Å²) in [4.78, 5) is 2.08. The molecule has 1 nitrogen and oxygen atoms in total. The van der Waals surface area contributed by atoms with E-state index in [0.29, 0.717) is 0 Å². The van der Waals surface area contributed by atoms with Gasteiger partial charge in [-0.3, -0.25) is 0 Å². The summed E-state index contributed by atoms with van der Waals surface area (Å²) in [6.45, 7) is 0. The molecule has 0 bridgehead atoms. The Balaban J connectivity index is 0.00000129. The van der Waals surface area contributed by atoms with Gasteiger partial charge >= 0.3 is 68.3 Å². The maximum atomic E-state index is 14.2. The van der Waals surface area contributed by atoms with Crippen molar-refractivity contribution in [2.45, 2.75) is 49.4 Å². The van der Waals surface area contributed by atoms with Crippen LogP contribution in [0.25, 0.3) is 0 Å². The molecule has 0 aliphatic carbocycles. The largest absolute Gasteiger partial charge is 1.00 e. The molecule has 5 aromatic rings. The molecule has 0 radical (unpaired) electrons. The van der Waals surface area contributed by atoms with Crippen molar-refractivity contribution < 1.29 is 126 Å². The fraction of sp³-hybridized carbons (Fsp3) is 0.250. The quantitative estimate of drug-likeness (QED) is 0.125. The molecule has 0 fully saturated rings. The summed E-state index contributed by atoms with van der Waals surface area (Å²) in [7, 11) is 4.07. The van der Waals surface area contributed by atoms with Crippen LogP contribution < -0.4 is 45.6 Å². The van der Waals surface area contributed by atoms with E-state index in [1.54, 1.807) is 0 Å². The standard InChI is InChI=1S/C32H12BF24.C8H11N.Li.H/c34-25(35,36)13-1-14(26(37,38)39)6-21(5-13)33(22-7-15(27(40,41)42)2-16(8-22)28(43,44)45,23-9-17(29(46,47)48)3-18(10-23)30(49,50)51)24-11-19(31(52,53)54)4-20(12-24)32(55,56)57;1-9(2)8-6-4-3-5-7-8;;/h1-12H;3-7H,1-2H3;;/q-1;;+1;-1. The molecule has 0 atom stereocenters. The van der Waals surface area contributed by atoms with Crippen molar-refractivity contribution in [3.05, 3.63) is 148 Å². The molecule has 362 valence electrons. The summed E-state index contributed by atoms with van der Waals surface area (Å²) in [6.07, 6.45) is -54.8. The average Bonchev–Trinajstić information content (AvgIpc) is 3.15. The van der Waals surface area contributed by atoms with E-state index in [-0.39, 0.29) is 20.3 Å². The van der Waals surface area contributed by atoms with Gasteiger partial charge in [0.15, 0.2) is 0 Å². The fourth-order valence-corrected chi connectivity index (χ4v) is 6.80. The Hall–Kier alpha value is -5.12. The van der Waals surface area contributed by atoms with E-state index in [1.165, 1.54) is 5.69 Å². The van der Waals surface area contributed by atoms with Gasteiger partial charge in [0.2, 0.25) is 0 Å². The van der Waals surface area contributed by atoms with Crippen LogP contribution in [-0.4, -0.2) is 20.2 Å². The zero-order valence-corrected chi connectivity index (χ0v) is 33.4. The first-order chi connectivity index (χ1) is 29.6. The molecule has 0 amide bonds. The monoisotopic (exact) mass is 992 g/mol. The number of benzene rings is 5. The molecular formula is C40H24BF24LiN-.